The summed E-state index contributed by atoms with van der Waals surface area (Å²) in [6.45, 7) is 0.463. The zero-order valence-electron chi connectivity index (χ0n) is 14.2. The van der Waals surface area contributed by atoms with Crippen molar-refractivity contribution in [1.82, 2.24) is 5.32 Å². The Bertz CT molecular complexity index is 539. The van der Waals surface area contributed by atoms with Crippen LogP contribution >= 0.6 is 0 Å². The van der Waals surface area contributed by atoms with Gasteiger partial charge in [0.15, 0.2) is 0 Å². The van der Waals surface area contributed by atoms with Crippen molar-refractivity contribution in [2.75, 3.05) is 20.8 Å². The standard InChI is InChI=1S/C18H25NO5/c1-22-14-7-9-15(10-8-14)24-11-3-4-17(20)19-16(13-5-6-13)12-18(21)23-2/h7-10,13,16H,3-6,11-12H2,1-2H3,(H,19,20). The fraction of sp³-hybridized carbons (Fsp3) is 0.556. The van der Waals surface area contributed by atoms with E-state index in [4.69, 9.17) is 9.47 Å². The Kier molecular flexibility index (Phi) is 6.90. The van der Waals surface area contributed by atoms with Crippen LogP contribution in [0.15, 0.2) is 24.3 Å². The molecule has 0 radical (unpaired) electrons. The Morgan fingerprint density at radius 3 is 2.42 bits per heavy atom. The molecule has 0 heterocycles. The van der Waals surface area contributed by atoms with Crippen LogP contribution in [-0.4, -0.2) is 38.7 Å². The van der Waals surface area contributed by atoms with Gasteiger partial charge in [0, 0.05) is 12.5 Å². The number of carbonyl (C=O) groups is 2. The van der Waals surface area contributed by atoms with Gasteiger partial charge in [-0.15, -0.1) is 0 Å². The maximum atomic E-state index is 12.0. The van der Waals surface area contributed by atoms with Gasteiger partial charge < -0.3 is 19.5 Å². The summed E-state index contributed by atoms with van der Waals surface area (Å²) < 4.78 is 15.4. The quantitative estimate of drug-likeness (QED) is 0.525. The summed E-state index contributed by atoms with van der Waals surface area (Å²) >= 11 is 0. The number of nitrogens with one attached hydrogen (secondary N) is 1. The molecule has 1 saturated carbocycles. The Labute approximate surface area is 142 Å². The average molecular weight is 335 g/mol. The lowest BCUT2D eigenvalue weighted by Crippen LogP contribution is -2.38. The maximum Gasteiger partial charge on any atom is 0.307 e. The molecule has 1 atom stereocenters. The van der Waals surface area contributed by atoms with Gasteiger partial charge >= 0.3 is 5.97 Å². The number of rotatable bonds is 10. The van der Waals surface area contributed by atoms with Crippen LogP contribution < -0.4 is 14.8 Å². The smallest absolute Gasteiger partial charge is 0.307 e. The minimum atomic E-state index is -0.282. The second kappa shape index (κ2) is 9.15. The molecule has 1 aromatic rings. The third-order valence-electron chi connectivity index (χ3n) is 4.03. The van der Waals surface area contributed by atoms with Crippen LogP contribution in [0.5, 0.6) is 11.5 Å². The van der Waals surface area contributed by atoms with Gasteiger partial charge in [0.05, 0.1) is 27.2 Å². The maximum absolute atomic E-state index is 12.0. The van der Waals surface area contributed by atoms with Crippen molar-refractivity contribution in [3.63, 3.8) is 0 Å². The fourth-order valence-electron chi connectivity index (χ4n) is 2.47. The molecule has 0 saturated heterocycles. The van der Waals surface area contributed by atoms with Crippen molar-refractivity contribution in [2.24, 2.45) is 5.92 Å². The summed E-state index contributed by atoms with van der Waals surface area (Å²) in [5.74, 6) is 1.60. The fourth-order valence-corrected chi connectivity index (χ4v) is 2.47. The Morgan fingerprint density at radius 2 is 1.83 bits per heavy atom. The van der Waals surface area contributed by atoms with Gasteiger partial charge in [-0.2, -0.15) is 0 Å². The predicted molar refractivity (Wildman–Crippen MR) is 89.0 cm³/mol. The highest BCUT2D eigenvalue weighted by Crippen LogP contribution is 2.34. The largest absolute Gasteiger partial charge is 0.497 e. The number of methoxy groups -OCH3 is 2. The molecule has 24 heavy (non-hydrogen) atoms. The van der Waals surface area contributed by atoms with E-state index in [0.717, 1.165) is 24.3 Å². The first-order valence-electron chi connectivity index (χ1n) is 8.25. The summed E-state index contributed by atoms with van der Waals surface area (Å²) in [7, 11) is 2.98. The summed E-state index contributed by atoms with van der Waals surface area (Å²) in [5.41, 5.74) is 0. The monoisotopic (exact) mass is 335 g/mol. The van der Waals surface area contributed by atoms with Gasteiger partial charge in [0.2, 0.25) is 5.91 Å². The number of amides is 1. The molecule has 0 aliphatic heterocycles. The Balaban J connectivity index is 1.65. The molecule has 6 nitrogen and oxygen atoms in total. The lowest BCUT2D eigenvalue weighted by molar-refractivity contribution is -0.141. The van der Waals surface area contributed by atoms with Crippen molar-refractivity contribution in [3.8, 4) is 11.5 Å². The van der Waals surface area contributed by atoms with Crippen molar-refractivity contribution in [2.45, 2.75) is 38.1 Å². The van der Waals surface area contributed by atoms with E-state index >= 15 is 0 Å². The topological polar surface area (TPSA) is 73.9 Å². The molecule has 0 bridgehead atoms. The normalized spacial score (nSPS) is 14.6. The van der Waals surface area contributed by atoms with Gasteiger partial charge in [-0.25, -0.2) is 0 Å². The molecule has 6 heteroatoms. The second-order valence-electron chi connectivity index (χ2n) is 5.92. The average Bonchev–Trinajstić information content (AvgIpc) is 3.43. The van der Waals surface area contributed by atoms with Crippen molar-refractivity contribution >= 4 is 11.9 Å². The number of benzene rings is 1. The first-order valence-corrected chi connectivity index (χ1v) is 8.25. The highest BCUT2D eigenvalue weighted by atomic mass is 16.5. The first-order chi connectivity index (χ1) is 11.6. The van der Waals surface area contributed by atoms with E-state index < -0.39 is 0 Å². The van der Waals surface area contributed by atoms with Gasteiger partial charge in [-0.05, 0) is 49.4 Å². The lowest BCUT2D eigenvalue weighted by Gasteiger charge is -2.17. The highest BCUT2D eigenvalue weighted by Gasteiger charge is 2.33. The highest BCUT2D eigenvalue weighted by molar-refractivity contribution is 5.77. The zero-order chi connectivity index (χ0) is 17.4. The molecule has 1 aromatic carbocycles. The van der Waals surface area contributed by atoms with Gasteiger partial charge in [-0.1, -0.05) is 0 Å². The molecule has 1 N–H and O–H groups in total. The van der Waals surface area contributed by atoms with Gasteiger partial charge in [0.1, 0.15) is 11.5 Å². The molecule has 1 aliphatic rings. The van der Waals surface area contributed by atoms with Crippen LogP contribution in [0.3, 0.4) is 0 Å². The molecular weight excluding hydrogens is 310 g/mol. The van der Waals surface area contributed by atoms with E-state index in [1.165, 1.54) is 7.11 Å². The Hall–Kier alpha value is -2.24. The number of ether oxygens (including phenoxy) is 3. The molecule has 0 spiro atoms. The third kappa shape index (κ3) is 6.10. The van der Waals surface area contributed by atoms with Crippen LogP contribution in [0.25, 0.3) is 0 Å². The third-order valence-corrected chi connectivity index (χ3v) is 4.03. The number of hydrogen-bond acceptors (Lipinski definition) is 5. The Morgan fingerprint density at radius 1 is 1.17 bits per heavy atom. The molecule has 2 rings (SSSR count). The van der Waals surface area contributed by atoms with E-state index in [-0.39, 0.29) is 24.3 Å². The number of hydrogen-bond donors (Lipinski definition) is 1. The van der Waals surface area contributed by atoms with Crippen molar-refractivity contribution in [3.05, 3.63) is 24.3 Å². The molecule has 1 amide bonds. The summed E-state index contributed by atoms with van der Waals surface area (Å²) in [6, 6.07) is 7.22. The van der Waals surface area contributed by atoms with E-state index in [1.54, 1.807) is 7.11 Å². The lowest BCUT2D eigenvalue weighted by atomic mass is 10.1. The zero-order valence-corrected chi connectivity index (χ0v) is 14.2. The van der Waals surface area contributed by atoms with Crippen LogP contribution in [0.4, 0.5) is 0 Å². The van der Waals surface area contributed by atoms with Crippen LogP contribution in [-0.2, 0) is 14.3 Å². The van der Waals surface area contributed by atoms with Crippen LogP contribution in [0.1, 0.15) is 32.1 Å². The summed E-state index contributed by atoms with van der Waals surface area (Å²) in [6.07, 6.45) is 3.36. The summed E-state index contributed by atoms with van der Waals surface area (Å²) in [5, 5.41) is 2.95. The molecule has 1 fully saturated rings. The SMILES string of the molecule is COC(=O)CC(NC(=O)CCCOc1ccc(OC)cc1)C1CC1. The van der Waals surface area contributed by atoms with Crippen LogP contribution in [0.2, 0.25) is 0 Å². The number of carbonyl (C=O) groups excluding carboxylic acids is 2. The number of esters is 1. The van der Waals surface area contributed by atoms with E-state index in [9.17, 15) is 9.59 Å². The predicted octanol–water partition coefficient (Wildman–Crippen LogP) is 2.31. The minimum absolute atomic E-state index is 0.0471. The molecule has 1 aliphatic carbocycles. The molecular formula is C18H25NO5. The first kappa shape index (κ1) is 18.1. The van der Waals surface area contributed by atoms with E-state index in [2.05, 4.69) is 10.1 Å². The van der Waals surface area contributed by atoms with Crippen molar-refractivity contribution in [1.29, 1.82) is 0 Å². The van der Waals surface area contributed by atoms with E-state index in [0.29, 0.717) is 25.4 Å². The second-order valence-corrected chi connectivity index (χ2v) is 5.92. The van der Waals surface area contributed by atoms with Gasteiger partial charge in [0.25, 0.3) is 0 Å². The van der Waals surface area contributed by atoms with Gasteiger partial charge in [-0.3, -0.25) is 9.59 Å². The van der Waals surface area contributed by atoms with E-state index in [1.807, 2.05) is 24.3 Å². The summed E-state index contributed by atoms with van der Waals surface area (Å²) in [4.78, 5) is 23.4. The van der Waals surface area contributed by atoms with Crippen LogP contribution in [0, 0.1) is 5.92 Å². The minimum Gasteiger partial charge on any atom is -0.497 e. The molecule has 132 valence electrons. The van der Waals surface area contributed by atoms with Crippen molar-refractivity contribution < 1.29 is 23.8 Å². The molecule has 0 aromatic heterocycles. The molecule has 1 unspecified atom stereocenters.